The average molecular weight is 501 g/mol. The molecule has 4 nitrogen and oxygen atoms in total. The maximum atomic E-state index is 10.4. The smallest absolute Gasteiger partial charge is 0.160 e. The van der Waals surface area contributed by atoms with E-state index in [0.717, 1.165) is 25.7 Å². The first-order chi connectivity index (χ1) is 18.0. The molecule has 2 N–H and O–H groups in total. The number of aryl methyl sites for hydroxylation is 1. The summed E-state index contributed by atoms with van der Waals surface area (Å²) in [6.45, 7) is 3.66. The molecule has 0 amide bonds. The predicted octanol–water partition coefficient (Wildman–Crippen LogP) is 7.02. The van der Waals surface area contributed by atoms with Crippen LogP contribution in [0.15, 0.2) is 72.8 Å². The van der Waals surface area contributed by atoms with Crippen LogP contribution in [0.3, 0.4) is 0 Å². The molecular weight excluding hydrogens is 460 g/mol. The molecule has 3 aromatic rings. The van der Waals surface area contributed by atoms with Crippen molar-refractivity contribution >= 4 is 0 Å². The molecule has 196 valence electrons. The molecule has 37 heavy (non-hydrogen) atoms. The minimum absolute atomic E-state index is 0.116. The Kier molecular flexibility index (Phi) is 7.87. The van der Waals surface area contributed by atoms with Gasteiger partial charge >= 0.3 is 0 Å². The van der Waals surface area contributed by atoms with Crippen molar-refractivity contribution in [3.05, 3.63) is 95.1 Å². The van der Waals surface area contributed by atoms with E-state index in [4.69, 9.17) is 9.47 Å². The van der Waals surface area contributed by atoms with Crippen LogP contribution in [-0.2, 0) is 24.4 Å². The van der Waals surface area contributed by atoms with E-state index >= 15 is 0 Å². The molecular formula is C33H40O4. The second-order valence-corrected chi connectivity index (χ2v) is 11.2. The van der Waals surface area contributed by atoms with E-state index in [2.05, 4.69) is 37.3 Å². The molecule has 6 rings (SSSR count). The van der Waals surface area contributed by atoms with E-state index in [1.807, 2.05) is 42.5 Å². The molecule has 0 bridgehead atoms. The van der Waals surface area contributed by atoms with Crippen molar-refractivity contribution in [2.45, 2.75) is 70.7 Å². The normalized spacial score (nSPS) is 27.8. The van der Waals surface area contributed by atoms with Crippen LogP contribution in [0.1, 0.15) is 67.2 Å². The molecule has 3 aliphatic rings. The number of hydrogen-bond acceptors (Lipinski definition) is 4. The van der Waals surface area contributed by atoms with Crippen LogP contribution in [0.25, 0.3) is 0 Å². The Morgan fingerprint density at radius 1 is 0.865 bits per heavy atom. The highest BCUT2D eigenvalue weighted by Crippen LogP contribution is 2.61. The molecule has 0 aliphatic heterocycles. The summed E-state index contributed by atoms with van der Waals surface area (Å²) in [6, 6.07) is 24.4. The van der Waals surface area contributed by atoms with Crippen molar-refractivity contribution in [2.75, 3.05) is 7.11 Å². The van der Waals surface area contributed by atoms with Crippen molar-refractivity contribution in [3.63, 3.8) is 0 Å². The lowest BCUT2D eigenvalue weighted by Gasteiger charge is -2.50. The van der Waals surface area contributed by atoms with E-state index < -0.39 is 0 Å². The van der Waals surface area contributed by atoms with E-state index in [1.165, 1.54) is 35.1 Å². The van der Waals surface area contributed by atoms with Gasteiger partial charge in [-0.2, -0.15) is 0 Å². The highest BCUT2D eigenvalue weighted by atomic mass is 16.5. The first-order valence-corrected chi connectivity index (χ1v) is 13.7. The lowest BCUT2D eigenvalue weighted by Crippen LogP contribution is -2.43. The molecule has 3 aliphatic carbocycles. The number of fused-ring (bicyclic) bond motifs is 5. The highest BCUT2D eigenvalue weighted by molar-refractivity contribution is 5.49. The van der Waals surface area contributed by atoms with Gasteiger partial charge in [-0.05, 0) is 96.1 Å². The number of aromatic hydroxyl groups is 1. The second kappa shape index (κ2) is 11.3. The molecule has 0 saturated heterocycles. The molecule has 0 spiro atoms. The molecule has 4 heteroatoms. The van der Waals surface area contributed by atoms with Gasteiger partial charge in [-0.1, -0.05) is 67.6 Å². The molecule has 0 heterocycles. The van der Waals surface area contributed by atoms with Gasteiger partial charge in [0.05, 0.1) is 26.4 Å². The number of phenolic OH excluding ortho intramolecular Hbond substituents is 1. The zero-order chi connectivity index (χ0) is 25.8. The monoisotopic (exact) mass is 500 g/mol. The van der Waals surface area contributed by atoms with Gasteiger partial charge in [0, 0.05) is 0 Å². The van der Waals surface area contributed by atoms with Gasteiger partial charge < -0.3 is 19.7 Å². The second-order valence-electron chi connectivity index (χ2n) is 11.2. The third-order valence-corrected chi connectivity index (χ3v) is 9.20. The lowest BCUT2D eigenvalue weighted by atomic mass is 9.55. The Morgan fingerprint density at radius 2 is 1.51 bits per heavy atom. The maximum Gasteiger partial charge on any atom is 0.160 e. The van der Waals surface area contributed by atoms with Crippen molar-refractivity contribution in [1.82, 2.24) is 0 Å². The minimum Gasteiger partial charge on any atom is -0.504 e. The quantitative estimate of drug-likeness (QED) is 0.395. The summed E-state index contributed by atoms with van der Waals surface area (Å²) in [4.78, 5) is 0. The number of phenols is 1. The van der Waals surface area contributed by atoms with Crippen LogP contribution in [-0.4, -0.2) is 23.4 Å². The van der Waals surface area contributed by atoms with Crippen molar-refractivity contribution in [2.24, 2.45) is 17.3 Å². The molecule has 2 fully saturated rings. The van der Waals surface area contributed by atoms with Crippen LogP contribution in [0.2, 0.25) is 0 Å². The van der Waals surface area contributed by atoms with Crippen molar-refractivity contribution in [1.29, 1.82) is 0 Å². The third-order valence-electron chi connectivity index (χ3n) is 9.20. The van der Waals surface area contributed by atoms with Gasteiger partial charge in [-0.3, -0.25) is 0 Å². The van der Waals surface area contributed by atoms with E-state index in [9.17, 15) is 10.2 Å². The van der Waals surface area contributed by atoms with E-state index in [0.29, 0.717) is 36.7 Å². The van der Waals surface area contributed by atoms with Gasteiger partial charge in [-0.15, -0.1) is 0 Å². The van der Waals surface area contributed by atoms with Gasteiger partial charge in [0.2, 0.25) is 0 Å². The Labute approximate surface area is 221 Å². The standard InChI is InChI=1S/C19H26O3.C14H14O/c1-19-8-7-12-13(15(19)5-6-18(19)21)4-3-11-9-16(20)17(22-2)10-14(11)12;1-3-7-13(8-4-1)11-15-12-14-9-5-2-6-10-14/h9-10,12-13,15,18,20-21H,3-8H2,1-2H3;1-10H,11-12H2/t12-,13+,15-,18-,19-;/m0./s1. The SMILES string of the molecule is COc1cc2c(cc1O)CC[C@@H]1[C@@H]2CC[C@]2(C)[C@@H](O)CC[C@@H]12.c1ccc(COCc2ccccc2)cc1. The van der Waals surface area contributed by atoms with Crippen LogP contribution >= 0.6 is 0 Å². The zero-order valence-electron chi connectivity index (χ0n) is 22.1. The van der Waals surface area contributed by atoms with E-state index in [-0.39, 0.29) is 17.3 Å². The maximum absolute atomic E-state index is 10.4. The largest absolute Gasteiger partial charge is 0.504 e. The van der Waals surface area contributed by atoms with Crippen molar-refractivity contribution in [3.8, 4) is 11.5 Å². The fourth-order valence-corrected chi connectivity index (χ4v) is 7.16. The Balaban J connectivity index is 0.000000164. The summed E-state index contributed by atoms with van der Waals surface area (Å²) >= 11 is 0. The van der Waals surface area contributed by atoms with Crippen LogP contribution in [0.5, 0.6) is 11.5 Å². The first kappa shape index (κ1) is 25.8. The molecule has 0 radical (unpaired) electrons. The highest BCUT2D eigenvalue weighted by Gasteiger charge is 2.54. The number of aliphatic hydroxyl groups excluding tert-OH is 1. The number of rotatable bonds is 5. The van der Waals surface area contributed by atoms with Gasteiger partial charge in [0.25, 0.3) is 0 Å². The van der Waals surface area contributed by atoms with Gasteiger partial charge in [0.1, 0.15) is 0 Å². The Morgan fingerprint density at radius 3 is 2.14 bits per heavy atom. The molecule has 3 aromatic carbocycles. The van der Waals surface area contributed by atoms with Gasteiger partial charge in [0.15, 0.2) is 11.5 Å². The predicted molar refractivity (Wildman–Crippen MR) is 147 cm³/mol. The minimum atomic E-state index is -0.116. The van der Waals surface area contributed by atoms with Crippen LogP contribution < -0.4 is 4.74 Å². The van der Waals surface area contributed by atoms with E-state index in [1.54, 1.807) is 7.11 Å². The summed E-state index contributed by atoms with van der Waals surface area (Å²) in [5.74, 6) is 2.75. The summed E-state index contributed by atoms with van der Waals surface area (Å²) in [6.07, 6.45) is 6.51. The Bertz CT molecular complexity index is 1120. The van der Waals surface area contributed by atoms with Crippen LogP contribution in [0.4, 0.5) is 0 Å². The molecule has 0 aromatic heterocycles. The number of benzene rings is 3. The topological polar surface area (TPSA) is 58.9 Å². The fourth-order valence-electron chi connectivity index (χ4n) is 7.16. The molecule has 5 atom stereocenters. The summed E-state index contributed by atoms with van der Waals surface area (Å²) in [7, 11) is 1.62. The summed E-state index contributed by atoms with van der Waals surface area (Å²) < 4.78 is 10.9. The first-order valence-electron chi connectivity index (χ1n) is 13.7. The third kappa shape index (κ3) is 5.42. The van der Waals surface area contributed by atoms with Crippen molar-refractivity contribution < 1.29 is 19.7 Å². The molecule has 0 unspecified atom stereocenters. The number of aliphatic hydroxyl groups is 1. The van der Waals surface area contributed by atoms with Gasteiger partial charge in [-0.25, -0.2) is 0 Å². The number of ether oxygens (including phenoxy) is 2. The zero-order valence-corrected chi connectivity index (χ0v) is 22.1. The lowest BCUT2D eigenvalue weighted by molar-refractivity contribution is -0.0226. The summed E-state index contributed by atoms with van der Waals surface area (Å²) in [5, 5.41) is 20.5. The fraction of sp³-hybridized carbons (Fsp3) is 0.455. The average Bonchev–Trinajstić information content (AvgIpc) is 3.24. The summed E-state index contributed by atoms with van der Waals surface area (Å²) in [5.41, 5.74) is 5.23. The number of hydrogen-bond donors (Lipinski definition) is 2. The van der Waals surface area contributed by atoms with Crippen LogP contribution in [0, 0.1) is 17.3 Å². The Hall–Kier alpha value is -2.82. The molecule has 2 saturated carbocycles. The number of methoxy groups -OCH3 is 1.